The summed E-state index contributed by atoms with van der Waals surface area (Å²) < 4.78 is 32.3. The van der Waals surface area contributed by atoms with Gasteiger partial charge < -0.3 is 4.74 Å². The van der Waals surface area contributed by atoms with Crippen molar-refractivity contribution in [2.24, 2.45) is 0 Å². The molecule has 0 N–H and O–H groups in total. The van der Waals surface area contributed by atoms with E-state index >= 15 is 0 Å². The zero-order chi connectivity index (χ0) is 14.0. The number of carbonyl (C=O) groups is 1. The molecule has 0 saturated heterocycles. The van der Waals surface area contributed by atoms with Gasteiger partial charge >= 0.3 is 5.97 Å². The van der Waals surface area contributed by atoms with Crippen LogP contribution in [0.15, 0.2) is 40.9 Å². The van der Waals surface area contributed by atoms with Gasteiger partial charge in [0.15, 0.2) is 11.6 Å². The van der Waals surface area contributed by atoms with Crippen LogP contribution in [-0.4, -0.2) is 13.1 Å². The summed E-state index contributed by atoms with van der Waals surface area (Å²) in [5.74, 6) is -2.56. The first-order valence-corrected chi connectivity index (χ1v) is 6.16. The van der Waals surface area contributed by atoms with Gasteiger partial charge in [-0.3, -0.25) is 0 Å². The van der Waals surface area contributed by atoms with Crippen molar-refractivity contribution in [3.63, 3.8) is 0 Å². The van der Waals surface area contributed by atoms with Crippen LogP contribution < -0.4 is 0 Å². The van der Waals surface area contributed by atoms with Gasteiger partial charge in [-0.05, 0) is 23.8 Å². The van der Waals surface area contributed by atoms with Gasteiger partial charge in [-0.15, -0.1) is 0 Å². The van der Waals surface area contributed by atoms with Gasteiger partial charge in [-0.2, -0.15) is 0 Å². The van der Waals surface area contributed by atoms with Gasteiger partial charge in [0.05, 0.1) is 12.7 Å². The van der Waals surface area contributed by atoms with Crippen LogP contribution in [0.3, 0.4) is 0 Å². The number of carbonyl (C=O) groups excluding carboxylic acids is 1. The van der Waals surface area contributed by atoms with E-state index in [-0.39, 0.29) is 16.7 Å². The quantitative estimate of drug-likeness (QED) is 0.774. The first-order valence-electron chi connectivity index (χ1n) is 5.37. The van der Waals surface area contributed by atoms with Crippen molar-refractivity contribution in [1.82, 2.24) is 0 Å². The zero-order valence-corrected chi connectivity index (χ0v) is 11.5. The van der Waals surface area contributed by atoms with Crippen LogP contribution in [0.2, 0.25) is 0 Å². The fraction of sp³-hybridized carbons (Fsp3) is 0.0714. The van der Waals surface area contributed by atoms with Gasteiger partial charge in [0.25, 0.3) is 0 Å². The molecule has 0 spiro atoms. The summed E-state index contributed by atoms with van der Waals surface area (Å²) in [5.41, 5.74) is 0.473. The van der Waals surface area contributed by atoms with Crippen LogP contribution in [0.25, 0.3) is 11.1 Å². The van der Waals surface area contributed by atoms with Crippen molar-refractivity contribution in [2.45, 2.75) is 0 Å². The normalized spacial score (nSPS) is 10.3. The third kappa shape index (κ3) is 2.66. The van der Waals surface area contributed by atoms with Gasteiger partial charge in [0, 0.05) is 10.0 Å². The van der Waals surface area contributed by atoms with Crippen molar-refractivity contribution in [1.29, 1.82) is 0 Å². The monoisotopic (exact) mass is 326 g/mol. The molecular formula is C14H9BrF2O2. The highest BCUT2D eigenvalue weighted by Crippen LogP contribution is 2.30. The SMILES string of the molecule is COC(=O)c1cc(Br)ccc1-c1cccc(F)c1F. The van der Waals surface area contributed by atoms with Crippen LogP contribution in [0.4, 0.5) is 8.78 Å². The van der Waals surface area contributed by atoms with E-state index in [9.17, 15) is 13.6 Å². The maximum atomic E-state index is 13.8. The van der Waals surface area contributed by atoms with E-state index in [1.165, 1.54) is 31.4 Å². The predicted molar refractivity (Wildman–Crippen MR) is 70.8 cm³/mol. The van der Waals surface area contributed by atoms with Crippen molar-refractivity contribution >= 4 is 21.9 Å². The van der Waals surface area contributed by atoms with Gasteiger partial charge in [0.2, 0.25) is 0 Å². The summed E-state index contributed by atoms with van der Waals surface area (Å²) in [7, 11) is 1.23. The second kappa shape index (κ2) is 5.48. The molecule has 0 atom stereocenters. The van der Waals surface area contributed by atoms with Crippen LogP contribution in [0, 0.1) is 11.6 Å². The predicted octanol–water partition coefficient (Wildman–Crippen LogP) is 4.18. The van der Waals surface area contributed by atoms with Crippen LogP contribution >= 0.6 is 15.9 Å². The fourth-order valence-electron chi connectivity index (χ4n) is 1.74. The van der Waals surface area contributed by atoms with Crippen molar-refractivity contribution in [3.05, 3.63) is 58.1 Å². The molecule has 2 nitrogen and oxygen atoms in total. The molecular weight excluding hydrogens is 318 g/mol. The average Bonchev–Trinajstić information content (AvgIpc) is 2.41. The lowest BCUT2D eigenvalue weighted by Gasteiger charge is -2.10. The molecule has 0 aliphatic heterocycles. The molecule has 0 aliphatic carbocycles. The molecule has 19 heavy (non-hydrogen) atoms. The minimum Gasteiger partial charge on any atom is -0.465 e. The molecule has 0 unspecified atom stereocenters. The van der Waals surface area contributed by atoms with E-state index in [4.69, 9.17) is 0 Å². The Morgan fingerprint density at radius 1 is 1.16 bits per heavy atom. The minimum atomic E-state index is -0.991. The lowest BCUT2D eigenvalue weighted by atomic mass is 9.99. The summed E-state index contributed by atoms with van der Waals surface area (Å²) in [6.45, 7) is 0. The van der Waals surface area contributed by atoms with E-state index < -0.39 is 17.6 Å². The topological polar surface area (TPSA) is 26.3 Å². The first-order chi connectivity index (χ1) is 9.04. The molecule has 0 amide bonds. The van der Waals surface area contributed by atoms with E-state index in [0.717, 1.165) is 6.07 Å². The highest BCUT2D eigenvalue weighted by atomic mass is 79.9. The number of hydrogen-bond donors (Lipinski definition) is 0. The second-order valence-corrected chi connectivity index (χ2v) is 4.70. The molecule has 0 aliphatic rings. The van der Waals surface area contributed by atoms with Gasteiger partial charge in [0.1, 0.15) is 0 Å². The molecule has 0 heterocycles. The molecule has 0 bridgehead atoms. The van der Waals surface area contributed by atoms with E-state index in [1.54, 1.807) is 6.07 Å². The van der Waals surface area contributed by atoms with Crippen molar-refractivity contribution in [3.8, 4) is 11.1 Å². The van der Waals surface area contributed by atoms with E-state index in [0.29, 0.717) is 4.47 Å². The maximum absolute atomic E-state index is 13.8. The Kier molecular flexibility index (Phi) is 3.95. The summed E-state index contributed by atoms with van der Waals surface area (Å²) in [6, 6.07) is 8.51. The Morgan fingerprint density at radius 3 is 2.58 bits per heavy atom. The number of halogens is 3. The van der Waals surface area contributed by atoms with E-state index in [2.05, 4.69) is 20.7 Å². The van der Waals surface area contributed by atoms with Gasteiger partial charge in [-0.25, -0.2) is 13.6 Å². The summed E-state index contributed by atoms with van der Waals surface area (Å²) in [5, 5.41) is 0. The van der Waals surface area contributed by atoms with Crippen LogP contribution in [0.5, 0.6) is 0 Å². The Hall–Kier alpha value is -1.75. The molecule has 0 radical (unpaired) electrons. The maximum Gasteiger partial charge on any atom is 0.338 e. The molecule has 2 rings (SSSR count). The fourth-order valence-corrected chi connectivity index (χ4v) is 2.10. The third-order valence-electron chi connectivity index (χ3n) is 2.63. The van der Waals surface area contributed by atoms with Crippen molar-refractivity contribution in [2.75, 3.05) is 7.11 Å². The standard InChI is InChI=1S/C14H9BrF2O2/c1-19-14(18)11-7-8(15)5-6-9(11)10-3-2-4-12(16)13(10)17/h2-7H,1H3. The molecule has 0 aromatic heterocycles. The molecule has 0 fully saturated rings. The molecule has 2 aromatic carbocycles. The number of benzene rings is 2. The summed E-state index contributed by atoms with van der Waals surface area (Å²) in [4.78, 5) is 11.7. The smallest absolute Gasteiger partial charge is 0.338 e. The second-order valence-electron chi connectivity index (χ2n) is 3.78. The number of esters is 1. The number of methoxy groups -OCH3 is 1. The third-order valence-corrected chi connectivity index (χ3v) is 3.12. The molecule has 2 aromatic rings. The average molecular weight is 327 g/mol. The Labute approximate surface area is 117 Å². The highest BCUT2D eigenvalue weighted by molar-refractivity contribution is 9.10. The summed E-state index contributed by atoms with van der Waals surface area (Å²) in [6.07, 6.45) is 0. The Morgan fingerprint density at radius 2 is 1.89 bits per heavy atom. The molecule has 98 valence electrons. The Balaban J connectivity index is 2.68. The summed E-state index contributed by atoms with van der Waals surface area (Å²) >= 11 is 3.22. The lowest BCUT2D eigenvalue weighted by molar-refractivity contribution is 0.0601. The first kappa shape index (κ1) is 13.7. The number of rotatable bonds is 2. The Bertz CT molecular complexity index is 641. The largest absolute Gasteiger partial charge is 0.465 e. The number of hydrogen-bond acceptors (Lipinski definition) is 2. The van der Waals surface area contributed by atoms with E-state index in [1.807, 2.05) is 0 Å². The molecule has 5 heteroatoms. The molecule has 0 saturated carbocycles. The number of ether oxygens (including phenoxy) is 1. The zero-order valence-electron chi connectivity index (χ0n) is 9.91. The van der Waals surface area contributed by atoms with Crippen LogP contribution in [-0.2, 0) is 4.74 Å². The van der Waals surface area contributed by atoms with Crippen LogP contribution in [0.1, 0.15) is 10.4 Å². The minimum absolute atomic E-state index is 0.0212. The van der Waals surface area contributed by atoms with Gasteiger partial charge in [-0.1, -0.05) is 34.1 Å². The lowest BCUT2D eigenvalue weighted by Crippen LogP contribution is -2.04. The van der Waals surface area contributed by atoms with Crippen molar-refractivity contribution < 1.29 is 18.3 Å². The highest BCUT2D eigenvalue weighted by Gasteiger charge is 2.18.